The molecule has 7 heteroatoms. The minimum Gasteiger partial charge on any atom is -0.384 e. The first kappa shape index (κ1) is 19.0. The van der Waals surface area contributed by atoms with E-state index in [0.717, 1.165) is 22.5 Å². The van der Waals surface area contributed by atoms with Gasteiger partial charge in [-0.15, -0.1) is 0 Å². The topological polar surface area (TPSA) is 127 Å². The van der Waals surface area contributed by atoms with Crippen LogP contribution in [0.1, 0.15) is 39.9 Å². The van der Waals surface area contributed by atoms with Gasteiger partial charge in [0.1, 0.15) is 5.82 Å². The van der Waals surface area contributed by atoms with E-state index >= 15 is 0 Å². The molecule has 4 rings (SSSR count). The van der Waals surface area contributed by atoms with Crippen LogP contribution in [-0.2, 0) is 0 Å². The van der Waals surface area contributed by atoms with Gasteiger partial charge in [0.05, 0.1) is 23.0 Å². The summed E-state index contributed by atoms with van der Waals surface area (Å²) in [6.07, 6.45) is 5.16. The van der Waals surface area contributed by atoms with Crippen LogP contribution in [-0.4, -0.2) is 19.9 Å². The predicted octanol–water partition coefficient (Wildman–Crippen LogP) is 3.27. The van der Waals surface area contributed by atoms with Crippen molar-refractivity contribution in [1.82, 2.24) is 19.9 Å². The molecule has 7 nitrogen and oxygen atoms in total. The van der Waals surface area contributed by atoms with Gasteiger partial charge in [0.15, 0.2) is 0 Å². The summed E-state index contributed by atoms with van der Waals surface area (Å²) < 4.78 is 0. The van der Waals surface area contributed by atoms with Gasteiger partial charge in [-0.1, -0.05) is 24.3 Å². The van der Waals surface area contributed by atoms with Gasteiger partial charge in [0, 0.05) is 30.4 Å². The van der Waals surface area contributed by atoms with Crippen molar-refractivity contribution in [1.29, 1.82) is 5.26 Å². The number of pyridine rings is 2. The van der Waals surface area contributed by atoms with Gasteiger partial charge in [-0.05, 0) is 47.5 Å². The van der Waals surface area contributed by atoms with E-state index in [-0.39, 0.29) is 17.8 Å². The van der Waals surface area contributed by atoms with Gasteiger partial charge in [0.25, 0.3) is 0 Å². The number of hydrogen-bond acceptors (Lipinski definition) is 7. The van der Waals surface area contributed by atoms with Crippen LogP contribution in [0.25, 0.3) is 0 Å². The Hall–Kier alpha value is -4.31. The molecule has 0 spiro atoms. The normalized spacial score (nSPS) is 12.6. The Labute approximate surface area is 174 Å². The van der Waals surface area contributed by atoms with Crippen molar-refractivity contribution in [2.24, 2.45) is 0 Å². The molecule has 0 aliphatic rings. The Bertz CT molecular complexity index is 1200. The van der Waals surface area contributed by atoms with E-state index in [9.17, 15) is 5.26 Å². The third-order valence-electron chi connectivity index (χ3n) is 4.88. The Morgan fingerprint density at radius 1 is 0.800 bits per heavy atom. The van der Waals surface area contributed by atoms with Crippen LogP contribution >= 0.6 is 0 Å². The molecule has 0 aliphatic carbocycles. The summed E-state index contributed by atoms with van der Waals surface area (Å²) in [6, 6.07) is 20.9. The Balaban J connectivity index is 1.99. The van der Waals surface area contributed by atoms with Crippen LogP contribution in [0.3, 0.4) is 0 Å². The summed E-state index contributed by atoms with van der Waals surface area (Å²) in [5, 5.41) is 9.43. The number of nitrogens with zero attached hydrogens (tertiary/aromatic N) is 5. The van der Waals surface area contributed by atoms with Crippen molar-refractivity contribution in [3.8, 4) is 6.07 Å². The van der Waals surface area contributed by atoms with Crippen molar-refractivity contribution in [2.75, 3.05) is 11.5 Å². The minimum atomic E-state index is -0.290. The molecule has 4 N–H and O–H groups in total. The highest BCUT2D eigenvalue weighted by atomic mass is 15.0. The summed E-state index contributed by atoms with van der Waals surface area (Å²) in [5.74, 6) is 0.0556. The third-order valence-corrected chi connectivity index (χ3v) is 4.88. The van der Waals surface area contributed by atoms with Crippen LogP contribution in [0.15, 0.2) is 79.3 Å². The van der Waals surface area contributed by atoms with Gasteiger partial charge in [-0.3, -0.25) is 4.98 Å². The number of rotatable bonds is 5. The highest BCUT2D eigenvalue weighted by Crippen LogP contribution is 2.41. The highest BCUT2D eigenvalue weighted by Gasteiger charge is 2.31. The fourth-order valence-corrected chi connectivity index (χ4v) is 3.63. The molecule has 1 aromatic carbocycles. The molecule has 0 radical (unpaired) electrons. The van der Waals surface area contributed by atoms with Gasteiger partial charge in [0.2, 0.25) is 5.95 Å². The van der Waals surface area contributed by atoms with E-state index in [1.807, 2.05) is 48.5 Å². The first-order chi connectivity index (χ1) is 14.7. The van der Waals surface area contributed by atoms with Gasteiger partial charge in [-0.2, -0.15) is 5.26 Å². The van der Waals surface area contributed by atoms with E-state index in [0.29, 0.717) is 11.4 Å². The Morgan fingerprint density at radius 2 is 1.57 bits per heavy atom. The molecule has 2 atom stereocenters. The highest BCUT2D eigenvalue weighted by molar-refractivity contribution is 5.45. The van der Waals surface area contributed by atoms with E-state index in [1.54, 1.807) is 30.7 Å². The maximum absolute atomic E-state index is 9.43. The quantitative estimate of drug-likeness (QED) is 0.532. The number of hydrogen-bond donors (Lipinski definition) is 2. The van der Waals surface area contributed by atoms with Crippen LogP contribution in [0.5, 0.6) is 0 Å². The number of aromatic nitrogens is 4. The van der Waals surface area contributed by atoms with Crippen LogP contribution < -0.4 is 11.5 Å². The molecule has 3 heterocycles. The van der Waals surface area contributed by atoms with E-state index < -0.39 is 0 Å². The maximum Gasteiger partial charge on any atom is 0.220 e. The summed E-state index contributed by atoms with van der Waals surface area (Å²) in [4.78, 5) is 17.4. The average molecular weight is 393 g/mol. The third kappa shape index (κ3) is 3.93. The fourth-order valence-electron chi connectivity index (χ4n) is 3.63. The zero-order valence-electron chi connectivity index (χ0n) is 16.1. The standard InChI is InChI=1S/C23H19N7/c24-13-15-4-1-5-16(12-15)21(19-9-11-28-23(26)30-19)22(17-6-3-10-27-14-17)18-7-2-8-20(25)29-18/h1-12,14,21-22H,(H2,25,29)(H2,26,28,30). The molecule has 0 bridgehead atoms. The lowest BCUT2D eigenvalue weighted by Crippen LogP contribution is -2.18. The molecule has 0 aliphatic heterocycles. The van der Waals surface area contributed by atoms with Crippen molar-refractivity contribution < 1.29 is 0 Å². The Morgan fingerprint density at radius 3 is 2.30 bits per heavy atom. The average Bonchev–Trinajstić information content (AvgIpc) is 2.78. The summed E-state index contributed by atoms with van der Waals surface area (Å²) >= 11 is 0. The fraction of sp³-hybridized carbons (Fsp3) is 0.0870. The van der Waals surface area contributed by atoms with Crippen LogP contribution in [0.2, 0.25) is 0 Å². The lowest BCUT2D eigenvalue weighted by Gasteiger charge is -2.27. The van der Waals surface area contributed by atoms with E-state index in [4.69, 9.17) is 11.5 Å². The number of benzene rings is 1. The SMILES string of the molecule is N#Cc1cccc(C(c2ccnc(N)n2)C(c2cccnc2)c2cccc(N)n2)c1. The van der Waals surface area contributed by atoms with Crippen molar-refractivity contribution in [3.63, 3.8) is 0 Å². The molecular weight excluding hydrogens is 374 g/mol. The first-order valence-corrected chi connectivity index (χ1v) is 9.36. The van der Waals surface area contributed by atoms with Crippen LogP contribution in [0.4, 0.5) is 11.8 Å². The molecule has 3 aromatic heterocycles. The largest absolute Gasteiger partial charge is 0.384 e. The van der Waals surface area contributed by atoms with Crippen molar-refractivity contribution >= 4 is 11.8 Å². The molecular formula is C23H19N7. The maximum atomic E-state index is 9.43. The molecule has 0 saturated carbocycles. The minimum absolute atomic E-state index is 0.180. The molecule has 30 heavy (non-hydrogen) atoms. The molecule has 4 aromatic rings. The summed E-state index contributed by atoms with van der Waals surface area (Å²) in [6.45, 7) is 0. The first-order valence-electron chi connectivity index (χ1n) is 9.36. The predicted molar refractivity (Wildman–Crippen MR) is 114 cm³/mol. The number of nitrogen functional groups attached to an aromatic ring is 2. The monoisotopic (exact) mass is 393 g/mol. The Kier molecular flexibility index (Phi) is 5.31. The molecule has 0 saturated heterocycles. The smallest absolute Gasteiger partial charge is 0.220 e. The van der Waals surface area contributed by atoms with Crippen molar-refractivity contribution in [2.45, 2.75) is 11.8 Å². The lowest BCUT2D eigenvalue weighted by atomic mass is 9.77. The van der Waals surface area contributed by atoms with Gasteiger partial charge < -0.3 is 11.5 Å². The molecule has 146 valence electrons. The number of anilines is 2. The second-order valence-corrected chi connectivity index (χ2v) is 6.81. The molecule has 2 unspecified atom stereocenters. The number of nitriles is 1. The molecule has 0 amide bonds. The lowest BCUT2D eigenvalue weighted by molar-refractivity contribution is 0.655. The molecule has 0 fully saturated rings. The van der Waals surface area contributed by atoms with Gasteiger partial charge >= 0.3 is 0 Å². The number of nitrogens with two attached hydrogens (primary N) is 2. The zero-order valence-corrected chi connectivity index (χ0v) is 16.1. The van der Waals surface area contributed by atoms with Crippen LogP contribution in [0, 0.1) is 11.3 Å². The second kappa shape index (κ2) is 8.37. The zero-order chi connectivity index (χ0) is 20.9. The van der Waals surface area contributed by atoms with E-state index in [1.165, 1.54) is 0 Å². The summed E-state index contributed by atoms with van der Waals surface area (Å²) in [5.41, 5.74) is 15.8. The summed E-state index contributed by atoms with van der Waals surface area (Å²) in [7, 11) is 0. The van der Waals surface area contributed by atoms with Gasteiger partial charge in [-0.25, -0.2) is 15.0 Å². The second-order valence-electron chi connectivity index (χ2n) is 6.81. The van der Waals surface area contributed by atoms with E-state index in [2.05, 4.69) is 26.0 Å². The van der Waals surface area contributed by atoms with Crippen molar-refractivity contribution in [3.05, 3.63) is 107 Å².